The van der Waals surface area contributed by atoms with E-state index in [4.69, 9.17) is 4.74 Å². The lowest BCUT2D eigenvalue weighted by Crippen LogP contribution is -2.48. The van der Waals surface area contributed by atoms with E-state index in [0.29, 0.717) is 43.7 Å². The minimum atomic E-state index is -0.450. The SMILES string of the molecule is CN1CC2(CCN(C(=O)c3ccccc3-n3cncn3)CC2)OC1=O. The van der Waals surface area contributed by atoms with Crippen LogP contribution in [0.2, 0.25) is 0 Å². The number of nitrogens with zero attached hydrogens (tertiary/aromatic N) is 5. The molecule has 2 saturated heterocycles. The smallest absolute Gasteiger partial charge is 0.410 e. The van der Waals surface area contributed by atoms with Crippen molar-refractivity contribution >= 4 is 12.0 Å². The Balaban J connectivity index is 1.51. The number of ether oxygens (including phenoxy) is 1. The Morgan fingerprint density at radius 3 is 2.64 bits per heavy atom. The number of para-hydroxylation sites is 1. The van der Waals surface area contributed by atoms with Gasteiger partial charge in [0.25, 0.3) is 5.91 Å². The van der Waals surface area contributed by atoms with E-state index in [-0.39, 0.29) is 12.0 Å². The van der Waals surface area contributed by atoms with Crippen molar-refractivity contribution in [2.75, 3.05) is 26.7 Å². The summed E-state index contributed by atoms with van der Waals surface area (Å²) >= 11 is 0. The molecule has 8 heteroatoms. The molecular weight excluding hydrogens is 322 g/mol. The Morgan fingerprint density at radius 2 is 2.00 bits per heavy atom. The maximum absolute atomic E-state index is 13.0. The topological polar surface area (TPSA) is 80.6 Å². The van der Waals surface area contributed by atoms with Gasteiger partial charge < -0.3 is 14.5 Å². The zero-order valence-corrected chi connectivity index (χ0v) is 14.0. The summed E-state index contributed by atoms with van der Waals surface area (Å²) in [6.45, 7) is 1.71. The van der Waals surface area contributed by atoms with Crippen molar-refractivity contribution in [3.8, 4) is 5.69 Å². The number of rotatable bonds is 2. The van der Waals surface area contributed by atoms with Crippen LogP contribution in [-0.4, -0.2) is 68.8 Å². The lowest BCUT2D eigenvalue weighted by molar-refractivity contribution is 0.00318. The maximum atomic E-state index is 13.0. The number of likely N-dealkylation sites (tertiary alicyclic amines) is 1. The van der Waals surface area contributed by atoms with Gasteiger partial charge in [-0.05, 0) is 12.1 Å². The zero-order chi connectivity index (χ0) is 17.4. The van der Waals surface area contributed by atoms with Crippen LogP contribution in [0.3, 0.4) is 0 Å². The first-order valence-electron chi connectivity index (χ1n) is 8.25. The maximum Gasteiger partial charge on any atom is 0.410 e. The molecule has 8 nitrogen and oxygen atoms in total. The van der Waals surface area contributed by atoms with Gasteiger partial charge in [0.05, 0.1) is 17.8 Å². The fourth-order valence-electron chi connectivity index (χ4n) is 3.53. The van der Waals surface area contributed by atoms with E-state index in [0.717, 1.165) is 0 Å². The van der Waals surface area contributed by atoms with Gasteiger partial charge in [0.1, 0.15) is 18.3 Å². The number of amides is 2. The molecule has 130 valence electrons. The second-order valence-electron chi connectivity index (χ2n) is 6.56. The van der Waals surface area contributed by atoms with E-state index in [9.17, 15) is 9.59 Å². The van der Waals surface area contributed by atoms with Crippen molar-refractivity contribution in [2.45, 2.75) is 18.4 Å². The van der Waals surface area contributed by atoms with Gasteiger partial charge in [-0.2, -0.15) is 5.10 Å². The molecule has 3 heterocycles. The second-order valence-corrected chi connectivity index (χ2v) is 6.56. The average molecular weight is 341 g/mol. The van der Waals surface area contributed by atoms with Gasteiger partial charge in [-0.1, -0.05) is 12.1 Å². The molecule has 4 rings (SSSR count). The third-order valence-corrected chi connectivity index (χ3v) is 4.90. The van der Waals surface area contributed by atoms with Crippen LogP contribution in [0.4, 0.5) is 4.79 Å². The summed E-state index contributed by atoms with van der Waals surface area (Å²) in [5.41, 5.74) is 0.843. The Bertz CT molecular complexity index is 796. The summed E-state index contributed by atoms with van der Waals surface area (Å²) in [6.07, 6.45) is 4.04. The number of aromatic nitrogens is 3. The third-order valence-electron chi connectivity index (χ3n) is 4.90. The van der Waals surface area contributed by atoms with E-state index in [1.807, 2.05) is 23.1 Å². The van der Waals surface area contributed by atoms with E-state index in [2.05, 4.69) is 10.1 Å². The quantitative estimate of drug-likeness (QED) is 0.823. The van der Waals surface area contributed by atoms with Crippen molar-refractivity contribution in [1.82, 2.24) is 24.6 Å². The highest BCUT2D eigenvalue weighted by molar-refractivity contribution is 5.97. The molecule has 2 aliphatic heterocycles. The lowest BCUT2D eigenvalue weighted by atomic mass is 9.91. The monoisotopic (exact) mass is 341 g/mol. The Morgan fingerprint density at radius 1 is 1.24 bits per heavy atom. The second kappa shape index (κ2) is 5.87. The van der Waals surface area contributed by atoms with Crippen LogP contribution in [0.25, 0.3) is 5.69 Å². The molecule has 25 heavy (non-hydrogen) atoms. The molecular formula is C17H19N5O3. The fourth-order valence-corrected chi connectivity index (χ4v) is 3.53. The Hall–Kier alpha value is -2.90. The lowest BCUT2D eigenvalue weighted by Gasteiger charge is -2.37. The predicted molar refractivity (Wildman–Crippen MR) is 88.3 cm³/mol. The molecule has 0 N–H and O–H groups in total. The molecule has 0 unspecified atom stereocenters. The fraction of sp³-hybridized carbons (Fsp3) is 0.412. The van der Waals surface area contributed by atoms with Crippen LogP contribution in [0.15, 0.2) is 36.9 Å². The molecule has 2 fully saturated rings. The molecule has 0 aliphatic carbocycles. The van der Waals surface area contributed by atoms with E-state index in [1.54, 1.807) is 29.0 Å². The molecule has 1 aromatic carbocycles. The predicted octanol–water partition coefficient (Wildman–Crippen LogP) is 1.32. The highest BCUT2D eigenvalue weighted by Crippen LogP contribution is 2.33. The number of carbonyl (C=O) groups excluding carboxylic acids is 2. The van der Waals surface area contributed by atoms with Crippen molar-refractivity contribution in [2.24, 2.45) is 0 Å². The summed E-state index contributed by atoms with van der Waals surface area (Å²) in [6, 6.07) is 7.35. The van der Waals surface area contributed by atoms with E-state index >= 15 is 0 Å². The van der Waals surface area contributed by atoms with E-state index in [1.165, 1.54) is 6.33 Å². The summed E-state index contributed by atoms with van der Waals surface area (Å²) in [7, 11) is 1.74. The van der Waals surface area contributed by atoms with Crippen LogP contribution in [0, 0.1) is 0 Å². The molecule has 0 saturated carbocycles. The summed E-state index contributed by atoms with van der Waals surface area (Å²) in [4.78, 5) is 32.0. The van der Waals surface area contributed by atoms with E-state index < -0.39 is 5.60 Å². The number of piperidine rings is 1. The van der Waals surface area contributed by atoms with Crippen LogP contribution in [0.1, 0.15) is 23.2 Å². The molecule has 2 aliphatic rings. The van der Waals surface area contributed by atoms with Crippen LogP contribution in [-0.2, 0) is 4.74 Å². The zero-order valence-electron chi connectivity index (χ0n) is 14.0. The van der Waals surface area contributed by atoms with Crippen LogP contribution in [0.5, 0.6) is 0 Å². The molecule has 0 atom stereocenters. The minimum Gasteiger partial charge on any atom is -0.441 e. The standard InChI is InChI=1S/C17H19N5O3/c1-20-10-17(25-16(20)24)6-8-21(9-7-17)15(23)13-4-2-3-5-14(13)22-12-18-11-19-22/h2-5,11-12H,6-10H2,1H3. The van der Waals surface area contributed by atoms with Gasteiger partial charge in [0.15, 0.2) is 0 Å². The third kappa shape index (κ3) is 2.73. The normalized spacial score (nSPS) is 19.3. The Kier molecular flexibility index (Phi) is 3.67. The van der Waals surface area contributed by atoms with Crippen molar-refractivity contribution in [3.63, 3.8) is 0 Å². The molecule has 1 aromatic heterocycles. The minimum absolute atomic E-state index is 0.0429. The highest BCUT2D eigenvalue weighted by atomic mass is 16.6. The first kappa shape index (κ1) is 15.6. The number of hydrogen-bond donors (Lipinski definition) is 0. The van der Waals surface area contributed by atoms with Gasteiger partial charge in [-0.15, -0.1) is 0 Å². The van der Waals surface area contributed by atoms with Crippen LogP contribution < -0.4 is 0 Å². The van der Waals surface area contributed by atoms with Gasteiger partial charge in [0.2, 0.25) is 0 Å². The summed E-state index contributed by atoms with van der Waals surface area (Å²) in [5, 5.41) is 4.12. The largest absolute Gasteiger partial charge is 0.441 e. The van der Waals surface area contributed by atoms with Gasteiger partial charge in [0, 0.05) is 33.0 Å². The van der Waals surface area contributed by atoms with Gasteiger partial charge in [-0.3, -0.25) is 4.79 Å². The first-order valence-corrected chi connectivity index (χ1v) is 8.25. The number of carbonyl (C=O) groups is 2. The number of benzene rings is 1. The number of likely N-dealkylation sites (N-methyl/N-ethyl adjacent to an activating group) is 1. The van der Waals surface area contributed by atoms with Crippen LogP contribution >= 0.6 is 0 Å². The molecule has 0 radical (unpaired) electrons. The van der Waals surface area contributed by atoms with Gasteiger partial charge in [-0.25, -0.2) is 14.5 Å². The highest BCUT2D eigenvalue weighted by Gasteiger charge is 2.46. The van der Waals surface area contributed by atoms with Crippen molar-refractivity contribution in [3.05, 3.63) is 42.5 Å². The first-order chi connectivity index (χ1) is 12.1. The van der Waals surface area contributed by atoms with Crippen molar-refractivity contribution < 1.29 is 14.3 Å². The molecule has 2 amide bonds. The number of hydrogen-bond acceptors (Lipinski definition) is 5. The molecule has 0 bridgehead atoms. The molecule has 1 spiro atoms. The van der Waals surface area contributed by atoms with Crippen molar-refractivity contribution in [1.29, 1.82) is 0 Å². The summed E-state index contributed by atoms with van der Waals surface area (Å²) < 4.78 is 7.13. The average Bonchev–Trinajstić information content (AvgIpc) is 3.24. The Labute approximate surface area is 145 Å². The molecule has 2 aromatic rings. The summed E-state index contributed by atoms with van der Waals surface area (Å²) in [5.74, 6) is -0.0429. The van der Waals surface area contributed by atoms with Gasteiger partial charge >= 0.3 is 6.09 Å².